The summed E-state index contributed by atoms with van der Waals surface area (Å²) in [7, 11) is 1.33. The monoisotopic (exact) mass is 268 g/mol. The number of carbonyl (C=O) groups excluding carboxylic acids is 2. The molecule has 2 saturated carbocycles. The van der Waals surface area contributed by atoms with Crippen LogP contribution in [-0.2, 0) is 14.3 Å². The number of nitrogens with one attached hydrogen (secondary N) is 1. The second-order valence-electron chi connectivity index (χ2n) is 5.95. The fourth-order valence-electron chi connectivity index (χ4n) is 3.57. The van der Waals surface area contributed by atoms with Crippen LogP contribution in [0, 0.1) is 17.8 Å². The Balaban J connectivity index is 1.92. The Morgan fingerprint density at radius 2 is 1.84 bits per heavy atom. The summed E-state index contributed by atoms with van der Waals surface area (Å²) in [5.74, 6) is 0.512. The van der Waals surface area contributed by atoms with Gasteiger partial charge in [0.25, 0.3) is 0 Å². The van der Waals surface area contributed by atoms with Crippen molar-refractivity contribution in [1.82, 2.24) is 5.32 Å². The molecule has 0 radical (unpaired) electrons. The van der Waals surface area contributed by atoms with Crippen molar-refractivity contribution in [2.24, 2.45) is 23.5 Å². The average molecular weight is 268 g/mol. The van der Waals surface area contributed by atoms with E-state index in [4.69, 9.17) is 5.73 Å². The van der Waals surface area contributed by atoms with Crippen LogP contribution in [0.1, 0.15) is 39.0 Å². The van der Waals surface area contributed by atoms with Crippen LogP contribution >= 0.6 is 0 Å². The van der Waals surface area contributed by atoms with E-state index in [1.807, 2.05) is 0 Å². The van der Waals surface area contributed by atoms with Crippen molar-refractivity contribution in [3.05, 3.63) is 0 Å². The van der Waals surface area contributed by atoms with E-state index in [1.54, 1.807) is 6.92 Å². The molecule has 2 bridgehead atoms. The number of hydrogen-bond acceptors (Lipinski definition) is 4. The summed E-state index contributed by atoms with van der Waals surface area (Å²) in [5, 5.41) is 2.75. The molecule has 3 atom stereocenters. The van der Waals surface area contributed by atoms with Gasteiger partial charge >= 0.3 is 5.97 Å². The maximum atomic E-state index is 12.2. The fraction of sp³-hybridized carbons (Fsp3) is 0.857. The van der Waals surface area contributed by atoms with Crippen molar-refractivity contribution in [3.63, 3.8) is 0 Å². The Morgan fingerprint density at radius 1 is 1.26 bits per heavy atom. The van der Waals surface area contributed by atoms with Crippen molar-refractivity contribution in [3.8, 4) is 0 Å². The number of amides is 1. The van der Waals surface area contributed by atoms with Crippen LogP contribution in [0.2, 0.25) is 0 Å². The number of ether oxygens (including phenoxy) is 1. The molecule has 0 aromatic carbocycles. The van der Waals surface area contributed by atoms with E-state index in [2.05, 4.69) is 10.1 Å². The van der Waals surface area contributed by atoms with E-state index in [0.29, 0.717) is 11.8 Å². The van der Waals surface area contributed by atoms with Crippen LogP contribution in [-0.4, -0.2) is 31.1 Å². The molecule has 2 aliphatic carbocycles. The zero-order chi connectivity index (χ0) is 14.0. The minimum Gasteiger partial charge on any atom is -0.467 e. The third-order valence-corrected chi connectivity index (χ3v) is 4.70. The van der Waals surface area contributed by atoms with Gasteiger partial charge in [0.2, 0.25) is 5.91 Å². The predicted octanol–water partition coefficient (Wildman–Crippen LogP) is 0.818. The summed E-state index contributed by atoms with van der Waals surface area (Å²) in [6.45, 7) is 1.65. The van der Waals surface area contributed by atoms with E-state index in [9.17, 15) is 9.59 Å². The highest BCUT2D eigenvalue weighted by molar-refractivity contribution is 5.85. The standard InChI is InChI=1S/C14H24N2O3/c1-8(14(18)19-2)16-13(17)11-6-9-4-3-5-10(7-11)12(9)15/h8-12H,3-7,15H2,1-2H3,(H,16,17). The lowest BCUT2D eigenvalue weighted by Gasteiger charge is -2.43. The molecule has 0 aromatic rings. The summed E-state index contributed by atoms with van der Waals surface area (Å²) in [6, 6.07) is -0.316. The van der Waals surface area contributed by atoms with Crippen molar-refractivity contribution >= 4 is 11.9 Å². The molecule has 2 rings (SSSR count). The van der Waals surface area contributed by atoms with Crippen LogP contribution in [0.25, 0.3) is 0 Å². The first kappa shape index (κ1) is 14.3. The number of carbonyl (C=O) groups is 2. The Hall–Kier alpha value is -1.10. The Labute approximate surface area is 114 Å². The van der Waals surface area contributed by atoms with Gasteiger partial charge in [-0.25, -0.2) is 4.79 Å². The number of esters is 1. The molecule has 0 spiro atoms. The molecule has 19 heavy (non-hydrogen) atoms. The lowest BCUT2D eigenvalue weighted by molar-refractivity contribution is -0.145. The quantitative estimate of drug-likeness (QED) is 0.742. The first-order valence-electron chi connectivity index (χ1n) is 7.16. The van der Waals surface area contributed by atoms with E-state index in [-0.39, 0.29) is 17.9 Å². The molecular weight excluding hydrogens is 244 g/mol. The van der Waals surface area contributed by atoms with Crippen LogP contribution in [0.3, 0.4) is 0 Å². The van der Waals surface area contributed by atoms with Gasteiger partial charge in [-0.05, 0) is 44.4 Å². The van der Waals surface area contributed by atoms with E-state index >= 15 is 0 Å². The van der Waals surface area contributed by atoms with Crippen molar-refractivity contribution < 1.29 is 14.3 Å². The van der Waals surface area contributed by atoms with Gasteiger partial charge in [0.1, 0.15) is 6.04 Å². The highest BCUT2D eigenvalue weighted by Gasteiger charge is 2.40. The first-order chi connectivity index (χ1) is 9.02. The maximum Gasteiger partial charge on any atom is 0.328 e. The summed E-state index contributed by atoms with van der Waals surface area (Å²) >= 11 is 0. The first-order valence-corrected chi connectivity index (χ1v) is 7.16. The molecule has 3 unspecified atom stereocenters. The molecule has 3 N–H and O–H groups in total. The van der Waals surface area contributed by atoms with Crippen molar-refractivity contribution in [1.29, 1.82) is 0 Å². The lowest BCUT2D eigenvalue weighted by atomic mass is 9.65. The van der Waals surface area contributed by atoms with Crippen molar-refractivity contribution in [2.45, 2.75) is 51.1 Å². The van der Waals surface area contributed by atoms with Gasteiger partial charge in [-0.2, -0.15) is 0 Å². The summed E-state index contributed by atoms with van der Waals surface area (Å²) in [4.78, 5) is 23.5. The molecule has 0 heterocycles. The minimum atomic E-state index is -0.576. The molecule has 2 fully saturated rings. The third-order valence-electron chi connectivity index (χ3n) is 4.70. The smallest absolute Gasteiger partial charge is 0.328 e. The minimum absolute atomic E-state index is 0.00204. The van der Waals surface area contributed by atoms with E-state index < -0.39 is 12.0 Å². The van der Waals surface area contributed by atoms with E-state index in [1.165, 1.54) is 13.5 Å². The maximum absolute atomic E-state index is 12.2. The van der Waals surface area contributed by atoms with Crippen LogP contribution in [0.15, 0.2) is 0 Å². The Morgan fingerprint density at radius 3 is 2.37 bits per heavy atom. The summed E-state index contributed by atoms with van der Waals surface area (Å²) in [5.41, 5.74) is 6.21. The SMILES string of the molecule is COC(=O)C(C)NC(=O)C1CC2CCCC(C1)C2N. The summed E-state index contributed by atoms with van der Waals surface area (Å²) < 4.78 is 4.62. The lowest BCUT2D eigenvalue weighted by Crippen LogP contribution is -2.50. The van der Waals surface area contributed by atoms with E-state index in [0.717, 1.165) is 25.7 Å². The van der Waals surface area contributed by atoms with Gasteiger partial charge in [-0.3, -0.25) is 4.79 Å². The largest absolute Gasteiger partial charge is 0.467 e. The summed E-state index contributed by atoms with van der Waals surface area (Å²) in [6.07, 6.45) is 5.22. The molecule has 0 aromatic heterocycles. The molecule has 108 valence electrons. The molecular formula is C14H24N2O3. The molecule has 1 amide bonds. The second kappa shape index (κ2) is 5.90. The normalized spacial score (nSPS) is 35.3. The third kappa shape index (κ3) is 3.08. The zero-order valence-electron chi connectivity index (χ0n) is 11.7. The number of methoxy groups -OCH3 is 1. The molecule has 5 nitrogen and oxygen atoms in total. The molecule has 0 saturated heterocycles. The van der Waals surface area contributed by atoms with Gasteiger partial charge in [0, 0.05) is 12.0 Å². The van der Waals surface area contributed by atoms with Gasteiger partial charge in [0.05, 0.1) is 7.11 Å². The highest BCUT2D eigenvalue weighted by atomic mass is 16.5. The van der Waals surface area contributed by atoms with Gasteiger partial charge in [-0.1, -0.05) is 6.42 Å². The molecule has 2 aliphatic rings. The highest BCUT2D eigenvalue weighted by Crippen LogP contribution is 2.41. The number of rotatable bonds is 3. The average Bonchev–Trinajstić information content (AvgIpc) is 2.37. The van der Waals surface area contributed by atoms with Gasteiger partial charge < -0.3 is 15.8 Å². The fourth-order valence-corrected chi connectivity index (χ4v) is 3.57. The zero-order valence-corrected chi connectivity index (χ0v) is 11.7. The Bertz CT molecular complexity index is 345. The predicted molar refractivity (Wildman–Crippen MR) is 71.2 cm³/mol. The molecule has 5 heteroatoms. The topological polar surface area (TPSA) is 81.4 Å². The van der Waals surface area contributed by atoms with Gasteiger partial charge in [-0.15, -0.1) is 0 Å². The molecule has 0 aliphatic heterocycles. The second-order valence-corrected chi connectivity index (χ2v) is 5.95. The number of fused-ring (bicyclic) bond motifs is 2. The number of hydrogen-bond donors (Lipinski definition) is 2. The van der Waals surface area contributed by atoms with Crippen LogP contribution < -0.4 is 11.1 Å². The Kier molecular flexibility index (Phi) is 4.45. The van der Waals surface area contributed by atoms with Crippen molar-refractivity contribution in [2.75, 3.05) is 7.11 Å². The number of nitrogens with two attached hydrogens (primary N) is 1. The van der Waals surface area contributed by atoms with Crippen LogP contribution in [0.5, 0.6) is 0 Å². The van der Waals surface area contributed by atoms with Gasteiger partial charge in [0.15, 0.2) is 0 Å². The van der Waals surface area contributed by atoms with Crippen LogP contribution in [0.4, 0.5) is 0 Å².